The van der Waals surface area contributed by atoms with Crippen LogP contribution in [0.2, 0.25) is 10.0 Å². The van der Waals surface area contributed by atoms with Crippen LogP contribution in [-0.4, -0.2) is 18.4 Å². The van der Waals surface area contributed by atoms with Crippen LogP contribution in [-0.2, 0) is 11.2 Å². The number of carbonyl (C=O) groups is 1. The number of ketones is 1. The molecular formula is C12H13Cl2NO. The standard InChI is InChI=1S/C12H13Cl2NO/c13-9-4-1-3-8(12(9)14)7-11(16)10-5-2-6-15-10/h1,3-4,10,15H,2,5-7H2. The largest absolute Gasteiger partial charge is 0.307 e. The molecule has 1 aromatic rings. The van der Waals surface area contributed by atoms with Gasteiger partial charge in [0.1, 0.15) is 0 Å². The summed E-state index contributed by atoms with van der Waals surface area (Å²) in [5, 5.41) is 4.19. The van der Waals surface area contributed by atoms with Crippen molar-refractivity contribution < 1.29 is 4.79 Å². The first-order valence-corrected chi connectivity index (χ1v) is 6.13. The first kappa shape index (κ1) is 11.9. The smallest absolute Gasteiger partial charge is 0.154 e. The molecule has 0 spiro atoms. The van der Waals surface area contributed by atoms with Crippen LogP contribution in [0.4, 0.5) is 0 Å². The zero-order chi connectivity index (χ0) is 11.5. The molecule has 1 N–H and O–H groups in total. The van der Waals surface area contributed by atoms with Gasteiger partial charge in [-0.25, -0.2) is 0 Å². The van der Waals surface area contributed by atoms with E-state index in [-0.39, 0.29) is 11.8 Å². The van der Waals surface area contributed by atoms with Gasteiger partial charge in [0.25, 0.3) is 0 Å². The van der Waals surface area contributed by atoms with Gasteiger partial charge in [0, 0.05) is 6.42 Å². The third kappa shape index (κ3) is 2.57. The Kier molecular flexibility index (Phi) is 3.85. The first-order chi connectivity index (χ1) is 7.68. The highest BCUT2D eigenvalue weighted by Gasteiger charge is 2.22. The molecule has 0 amide bonds. The Morgan fingerprint density at radius 2 is 2.25 bits per heavy atom. The molecule has 1 fully saturated rings. The van der Waals surface area contributed by atoms with E-state index in [1.165, 1.54) is 0 Å². The molecule has 0 radical (unpaired) electrons. The maximum absolute atomic E-state index is 11.9. The highest BCUT2D eigenvalue weighted by molar-refractivity contribution is 6.42. The molecule has 0 saturated carbocycles. The number of halogens is 2. The van der Waals surface area contributed by atoms with Crippen molar-refractivity contribution in [1.82, 2.24) is 5.32 Å². The van der Waals surface area contributed by atoms with Crippen LogP contribution in [0, 0.1) is 0 Å². The lowest BCUT2D eigenvalue weighted by molar-refractivity contribution is -0.120. The molecule has 1 heterocycles. The van der Waals surface area contributed by atoms with Crippen molar-refractivity contribution in [2.45, 2.75) is 25.3 Å². The van der Waals surface area contributed by atoms with Gasteiger partial charge in [0.15, 0.2) is 5.78 Å². The highest BCUT2D eigenvalue weighted by Crippen LogP contribution is 2.26. The van der Waals surface area contributed by atoms with Crippen molar-refractivity contribution in [3.05, 3.63) is 33.8 Å². The maximum Gasteiger partial charge on any atom is 0.154 e. The zero-order valence-corrected chi connectivity index (χ0v) is 10.3. The van der Waals surface area contributed by atoms with Gasteiger partial charge in [-0.3, -0.25) is 4.79 Å². The summed E-state index contributed by atoms with van der Waals surface area (Å²) in [6.07, 6.45) is 2.35. The predicted octanol–water partition coefficient (Wildman–Crippen LogP) is 2.86. The first-order valence-electron chi connectivity index (χ1n) is 5.37. The van der Waals surface area contributed by atoms with Crippen molar-refractivity contribution in [2.24, 2.45) is 0 Å². The lowest BCUT2D eigenvalue weighted by Gasteiger charge is -2.10. The highest BCUT2D eigenvalue weighted by atomic mass is 35.5. The summed E-state index contributed by atoms with van der Waals surface area (Å²) in [7, 11) is 0. The molecule has 86 valence electrons. The van der Waals surface area contributed by atoms with Crippen LogP contribution in [0.15, 0.2) is 18.2 Å². The van der Waals surface area contributed by atoms with Gasteiger partial charge in [0.2, 0.25) is 0 Å². The lowest BCUT2D eigenvalue weighted by atomic mass is 10.0. The number of rotatable bonds is 3. The molecule has 4 heteroatoms. The molecule has 16 heavy (non-hydrogen) atoms. The van der Waals surface area contributed by atoms with Crippen LogP contribution in [0.3, 0.4) is 0 Å². The summed E-state index contributed by atoms with van der Waals surface area (Å²) in [4.78, 5) is 11.9. The van der Waals surface area contributed by atoms with E-state index < -0.39 is 0 Å². The molecule has 1 aliphatic rings. The van der Waals surface area contributed by atoms with Gasteiger partial charge in [-0.2, -0.15) is 0 Å². The number of hydrogen-bond donors (Lipinski definition) is 1. The summed E-state index contributed by atoms with van der Waals surface area (Å²) in [5.41, 5.74) is 0.813. The Morgan fingerprint density at radius 3 is 2.94 bits per heavy atom. The van der Waals surface area contributed by atoms with E-state index in [0.717, 1.165) is 24.9 Å². The molecule has 1 aliphatic heterocycles. The Bertz CT molecular complexity index is 400. The van der Waals surface area contributed by atoms with Gasteiger partial charge in [-0.1, -0.05) is 35.3 Å². The quantitative estimate of drug-likeness (QED) is 0.903. The molecule has 0 aliphatic carbocycles. The average Bonchev–Trinajstić information content (AvgIpc) is 2.78. The predicted molar refractivity (Wildman–Crippen MR) is 66.2 cm³/mol. The second-order valence-electron chi connectivity index (χ2n) is 4.00. The van der Waals surface area contributed by atoms with E-state index in [0.29, 0.717) is 16.5 Å². The summed E-state index contributed by atoms with van der Waals surface area (Å²) < 4.78 is 0. The topological polar surface area (TPSA) is 29.1 Å². The normalized spacial score (nSPS) is 20.0. The minimum Gasteiger partial charge on any atom is -0.307 e. The fraction of sp³-hybridized carbons (Fsp3) is 0.417. The molecule has 2 rings (SSSR count). The maximum atomic E-state index is 11.9. The van der Waals surface area contributed by atoms with Gasteiger partial charge < -0.3 is 5.32 Å². The number of benzene rings is 1. The van der Waals surface area contributed by atoms with Crippen LogP contribution < -0.4 is 5.32 Å². The average molecular weight is 258 g/mol. The monoisotopic (exact) mass is 257 g/mol. The van der Waals surface area contributed by atoms with Crippen molar-refractivity contribution in [2.75, 3.05) is 6.54 Å². The van der Waals surface area contributed by atoms with Gasteiger partial charge >= 0.3 is 0 Å². The van der Waals surface area contributed by atoms with Crippen LogP contribution >= 0.6 is 23.2 Å². The third-order valence-electron chi connectivity index (χ3n) is 2.85. The van der Waals surface area contributed by atoms with Crippen LogP contribution in [0.5, 0.6) is 0 Å². The van der Waals surface area contributed by atoms with Gasteiger partial charge in [-0.15, -0.1) is 0 Å². The molecular weight excluding hydrogens is 245 g/mol. The fourth-order valence-electron chi connectivity index (χ4n) is 1.96. The molecule has 1 atom stereocenters. The number of nitrogens with one attached hydrogen (secondary N) is 1. The summed E-state index contributed by atoms with van der Waals surface area (Å²) in [6.45, 7) is 0.930. The van der Waals surface area contributed by atoms with E-state index in [4.69, 9.17) is 23.2 Å². The second kappa shape index (κ2) is 5.17. The molecule has 0 aromatic heterocycles. The zero-order valence-electron chi connectivity index (χ0n) is 8.80. The van der Waals surface area contributed by atoms with E-state index >= 15 is 0 Å². The van der Waals surface area contributed by atoms with Crippen molar-refractivity contribution in [3.8, 4) is 0 Å². The summed E-state index contributed by atoms with van der Waals surface area (Å²) in [6, 6.07) is 5.39. The summed E-state index contributed by atoms with van der Waals surface area (Å²) >= 11 is 11.9. The van der Waals surface area contributed by atoms with Crippen molar-refractivity contribution in [3.63, 3.8) is 0 Å². The number of carbonyl (C=O) groups excluding carboxylic acids is 1. The minimum absolute atomic E-state index is 0.00458. The van der Waals surface area contributed by atoms with Crippen molar-refractivity contribution in [1.29, 1.82) is 0 Å². The van der Waals surface area contributed by atoms with Gasteiger partial charge in [-0.05, 0) is 31.0 Å². The Labute approximate surface area is 105 Å². The number of Topliss-reactive ketones (excluding diaryl/α,β-unsaturated/α-hetero) is 1. The van der Waals surface area contributed by atoms with Gasteiger partial charge in [0.05, 0.1) is 16.1 Å². The van der Waals surface area contributed by atoms with E-state index in [1.54, 1.807) is 6.07 Å². The van der Waals surface area contributed by atoms with Crippen molar-refractivity contribution >= 4 is 29.0 Å². The molecule has 1 aromatic carbocycles. The van der Waals surface area contributed by atoms with E-state index in [9.17, 15) is 4.79 Å². The molecule has 2 nitrogen and oxygen atoms in total. The SMILES string of the molecule is O=C(Cc1cccc(Cl)c1Cl)C1CCCN1. The third-order valence-corrected chi connectivity index (χ3v) is 3.70. The Hall–Kier alpha value is -0.570. The number of hydrogen-bond acceptors (Lipinski definition) is 2. The molecule has 0 bridgehead atoms. The van der Waals surface area contributed by atoms with E-state index in [2.05, 4.69) is 5.32 Å². The lowest BCUT2D eigenvalue weighted by Crippen LogP contribution is -2.31. The van der Waals surface area contributed by atoms with Crippen LogP contribution in [0.1, 0.15) is 18.4 Å². The van der Waals surface area contributed by atoms with E-state index in [1.807, 2.05) is 12.1 Å². The fourth-order valence-corrected chi connectivity index (χ4v) is 2.34. The Morgan fingerprint density at radius 1 is 1.44 bits per heavy atom. The molecule has 1 saturated heterocycles. The Balaban J connectivity index is 2.08. The summed E-state index contributed by atoms with van der Waals surface area (Å²) in [5.74, 6) is 0.196. The minimum atomic E-state index is -0.00458. The molecule has 1 unspecified atom stereocenters. The second-order valence-corrected chi connectivity index (χ2v) is 4.79. The van der Waals surface area contributed by atoms with Crippen LogP contribution in [0.25, 0.3) is 0 Å².